The second-order valence-corrected chi connectivity index (χ2v) is 10.9. The fraction of sp³-hybridized carbons (Fsp3) is 0.0204. The maximum absolute atomic E-state index is 9.76. The van der Waals surface area contributed by atoms with Gasteiger partial charge < -0.3 is 4.42 Å². The van der Waals surface area contributed by atoms with Crippen LogP contribution in [0.1, 0.15) is 52.2 Å². The SMILES string of the molecule is [2H]c1c([2H])c([2H])c(-c2c([2H])c(Cc3c4c([2H])c([2H])c([2H])c([2H])c4c(-c4c([2H])c([2H])c([2H])c5oc6c7c([2H])c([2H])c([2H])c([2H])c7c([2H])c([2H])c6c45)c4c([2H])c([2H])c([2H])c([2H])c34)c([2H])c(-c3c([2H])c([2H])c([2H])c([2H])c3[2H])c2[2H])c([2H])c1[2H]. The minimum absolute atomic E-state index is 0.470. The van der Waals surface area contributed by atoms with Crippen molar-refractivity contribution in [1.29, 1.82) is 0 Å². The lowest BCUT2D eigenvalue weighted by Crippen LogP contribution is -1.97. The molecule has 234 valence electrons. The maximum atomic E-state index is 9.76. The summed E-state index contributed by atoms with van der Waals surface area (Å²) in [5, 5.41) is -4.74. The molecule has 0 radical (unpaired) electrons. The van der Waals surface area contributed by atoms with E-state index in [4.69, 9.17) is 33.2 Å². The number of furan rings is 1. The predicted octanol–water partition coefficient (Wildman–Crippen LogP) is 13.6. The first kappa shape index (κ1) is 11.6. The Morgan fingerprint density at radius 1 is 0.420 bits per heavy atom. The highest BCUT2D eigenvalue weighted by Gasteiger charge is 2.20. The van der Waals surface area contributed by atoms with Crippen LogP contribution in [0.25, 0.3) is 87.6 Å². The van der Waals surface area contributed by atoms with E-state index < -0.39 is 286 Å². The van der Waals surface area contributed by atoms with E-state index in [0.717, 1.165) is 0 Å². The van der Waals surface area contributed by atoms with Gasteiger partial charge in [-0.15, -0.1) is 0 Å². The number of benzene rings is 9. The van der Waals surface area contributed by atoms with Gasteiger partial charge in [-0.25, -0.2) is 0 Å². The van der Waals surface area contributed by atoms with Gasteiger partial charge in [-0.3, -0.25) is 0 Å². The molecule has 0 aliphatic heterocycles. The van der Waals surface area contributed by atoms with Gasteiger partial charge in [0.2, 0.25) is 0 Å². The maximum Gasteiger partial charge on any atom is 0.143 e. The molecule has 0 saturated carbocycles. The molecule has 0 bridgehead atoms. The van der Waals surface area contributed by atoms with Crippen LogP contribution in [0.4, 0.5) is 0 Å². The lowest BCUT2D eigenvalue weighted by Gasteiger charge is -2.19. The topological polar surface area (TPSA) is 13.1 Å². The fourth-order valence-corrected chi connectivity index (χ4v) is 6.07. The molecule has 1 heterocycles. The van der Waals surface area contributed by atoms with E-state index in [-0.39, 0.29) is 0 Å². The Kier molecular flexibility index (Phi) is 2.69. The Hall–Kier alpha value is -6.44. The molecule has 0 fully saturated rings. The molecular formula is C49H32O. The molecule has 10 rings (SSSR count). The van der Waals surface area contributed by atoms with Gasteiger partial charge in [-0.2, -0.15) is 0 Å². The summed E-state index contributed by atoms with van der Waals surface area (Å²) in [7, 11) is 0. The minimum Gasteiger partial charge on any atom is -0.455 e. The van der Waals surface area contributed by atoms with Crippen molar-refractivity contribution in [2.75, 3.05) is 0 Å². The van der Waals surface area contributed by atoms with Crippen molar-refractivity contribution in [3.8, 4) is 33.4 Å². The Labute approximate surface area is 332 Å². The van der Waals surface area contributed by atoms with E-state index in [1.54, 1.807) is 0 Å². The Morgan fingerprint density at radius 2 is 0.980 bits per heavy atom. The van der Waals surface area contributed by atoms with E-state index in [0.29, 0.717) is 0 Å². The van der Waals surface area contributed by atoms with Gasteiger partial charge in [0.25, 0.3) is 0 Å². The van der Waals surface area contributed by atoms with E-state index >= 15 is 0 Å². The summed E-state index contributed by atoms with van der Waals surface area (Å²) < 4.78 is 276. The molecule has 9 aromatic carbocycles. The van der Waals surface area contributed by atoms with Crippen molar-refractivity contribution in [1.82, 2.24) is 0 Å². The van der Waals surface area contributed by atoms with Gasteiger partial charge in [0.1, 0.15) is 11.2 Å². The van der Waals surface area contributed by atoms with Crippen molar-refractivity contribution >= 4 is 54.3 Å². The van der Waals surface area contributed by atoms with E-state index in [1.165, 1.54) is 0 Å². The molecular weight excluding hydrogens is 605 g/mol. The molecule has 10 aromatic rings. The van der Waals surface area contributed by atoms with Crippen LogP contribution in [0.15, 0.2) is 186 Å². The number of fused-ring (bicyclic) bond motifs is 7. The summed E-state index contributed by atoms with van der Waals surface area (Å²) in [6.07, 6.45) is -1.10. The standard InChI is InChI=1S/C49H32O/c1-3-14-33(15-4-1)36-28-32(29-37(31-36)34-16-5-2-6-17-34)30-45-39-20-9-11-22-41(39)47(42-23-12-10-21-40(42)45)43-24-13-25-46-48(43)44-27-26-35-18-7-8-19-38(35)49(44)50-46/h1-29,31H,30H2/i1D,2D,3D,4D,5D,6D,7D,8D,9D,10D,11D,12D,13D,14D,15D,16D,17D,18D,19D,20D,21D,22D,23D,24D,25D,26D,27D,28D,29D,31D. The lowest BCUT2D eigenvalue weighted by atomic mass is 9.84. The number of hydrogen-bond donors (Lipinski definition) is 0. The van der Waals surface area contributed by atoms with Crippen LogP contribution in [-0.4, -0.2) is 0 Å². The zero-order chi connectivity index (χ0) is 59.1. The van der Waals surface area contributed by atoms with Crippen molar-refractivity contribution in [3.05, 3.63) is 192 Å². The van der Waals surface area contributed by atoms with Crippen LogP contribution in [0, 0.1) is 0 Å². The molecule has 0 saturated heterocycles. The zero-order valence-electron chi connectivity index (χ0n) is 55.1. The van der Waals surface area contributed by atoms with E-state index in [9.17, 15) is 12.3 Å². The van der Waals surface area contributed by atoms with Crippen molar-refractivity contribution in [3.63, 3.8) is 0 Å². The molecule has 1 nitrogen and oxygen atoms in total. The lowest BCUT2D eigenvalue weighted by molar-refractivity contribution is 0.673. The minimum atomic E-state index is -1.10. The predicted molar refractivity (Wildman–Crippen MR) is 212 cm³/mol. The summed E-state index contributed by atoms with van der Waals surface area (Å²) in [6.45, 7) is 0. The van der Waals surface area contributed by atoms with Gasteiger partial charge in [0.15, 0.2) is 0 Å². The van der Waals surface area contributed by atoms with Gasteiger partial charge in [-0.1, -0.05) is 163 Å². The first-order chi connectivity index (χ1) is 37.3. The van der Waals surface area contributed by atoms with Crippen molar-refractivity contribution in [2.45, 2.75) is 6.42 Å². The average molecular weight is 667 g/mol. The van der Waals surface area contributed by atoms with E-state index in [1.807, 2.05) is 0 Å². The molecule has 0 atom stereocenters. The second-order valence-electron chi connectivity index (χ2n) is 10.9. The van der Waals surface area contributed by atoms with E-state index in [2.05, 4.69) is 0 Å². The van der Waals surface area contributed by atoms with Crippen LogP contribution in [0.5, 0.6) is 0 Å². The summed E-state index contributed by atoms with van der Waals surface area (Å²) in [5.41, 5.74) is -7.21. The Morgan fingerprint density at radius 3 is 1.62 bits per heavy atom. The highest BCUT2D eigenvalue weighted by Crippen LogP contribution is 2.46. The number of hydrogen-bond acceptors (Lipinski definition) is 1. The van der Waals surface area contributed by atoms with Gasteiger partial charge in [-0.05, 0) is 96.0 Å². The van der Waals surface area contributed by atoms with Crippen LogP contribution in [0.2, 0.25) is 0 Å². The Balaban J connectivity index is 1.48. The summed E-state index contributed by atoms with van der Waals surface area (Å²) >= 11 is 0. The van der Waals surface area contributed by atoms with Crippen LogP contribution >= 0.6 is 0 Å². The second kappa shape index (κ2) is 11.6. The zero-order valence-corrected chi connectivity index (χ0v) is 25.1. The third-order valence-electron chi connectivity index (χ3n) is 8.13. The molecule has 1 heteroatoms. The summed E-state index contributed by atoms with van der Waals surface area (Å²) in [6, 6.07) is -28.1. The Bertz CT molecular complexity index is 4380. The normalized spacial score (nSPS) is 20.1. The van der Waals surface area contributed by atoms with Crippen LogP contribution in [-0.2, 0) is 6.42 Å². The molecule has 50 heavy (non-hydrogen) atoms. The highest BCUT2D eigenvalue weighted by atomic mass is 16.3. The molecule has 0 amide bonds. The molecule has 0 unspecified atom stereocenters. The molecule has 0 aliphatic carbocycles. The quantitative estimate of drug-likeness (QED) is 0.167. The average Bonchev–Trinajstić information content (AvgIpc) is 3.28. The molecule has 1 aromatic heterocycles. The smallest absolute Gasteiger partial charge is 0.143 e. The highest BCUT2D eigenvalue weighted by molar-refractivity contribution is 6.24. The van der Waals surface area contributed by atoms with Crippen molar-refractivity contribution in [2.24, 2.45) is 0 Å². The van der Waals surface area contributed by atoms with Crippen LogP contribution in [0.3, 0.4) is 0 Å². The van der Waals surface area contributed by atoms with Gasteiger partial charge in [0, 0.05) is 16.2 Å². The summed E-state index contributed by atoms with van der Waals surface area (Å²) in [4.78, 5) is 0. The third kappa shape index (κ3) is 4.63. The molecule has 0 N–H and O–H groups in total. The first-order valence-electron chi connectivity index (χ1n) is 29.9. The van der Waals surface area contributed by atoms with Gasteiger partial charge in [0.05, 0.1) is 41.1 Å². The largest absolute Gasteiger partial charge is 0.455 e. The van der Waals surface area contributed by atoms with Crippen LogP contribution < -0.4 is 0 Å². The first-order valence-corrected chi connectivity index (χ1v) is 14.9. The third-order valence-corrected chi connectivity index (χ3v) is 8.13. The number of rotatable bonds is 5. The summed E-state index contributed by atoms with van der Waals surface area (Å²) in [5.74, 6) is 0. The van der Waals surface area contributed by atoms with Gasteiger partial charge >= 0.3 is 0 Å². The fourth-order valence-electron chi connectivity index (χ4n) is 6.07. The molecule has 0 spiro atoms. The monoisotopic (exact) mass is 666 g/mol. The molecule has 0 aliphatic rings. The van der Waals surface area contributed by atoms with Crippen molar-refractivity contribution < 1.29 is 45.5 Å².